The Labute approximate surface area is 179 Å². The van der Waals surface area contributed by atoms with Crippen LogP contribution in [0.2, 0.25) is 0 Å². The second-order valence-electron chi connectivity index (χ2n) is 10.1. The van der Waals surface area contributed by atoms with E-state index >= 15 is 0 Å². The van der Waals surface area contributed by atoms with E-state index in [2.05, 4.69) is 73.5 Å². The zero-order valence-electron chi connectivity index (χ0n) is 18.3. The minimum Gasteiger partial charge on any atom is -0.445 e. The summed E-state index contributed by atoms with van der Waals surface area (Å²) in [4.78, 5) is 15.2. The molecule has 3 heterocycles. The van der Waals surface area contributed by atoms with Crippen LogP contribution in [0.25, 0.3) is 11.1 Å². The molecule has 1 amide bonds. The van der Waals surface area contributed by atoms with Crippen LogP contribution in [0.15, 0.2) is 42.5 Å². The predicted octanol–water partition coefficient (Wildman–Crippen LogP) is 5.11. The lowest BCUT2D eigenvalue weighted by Gasteiger charge is -2.44. The molecular weight excluding hydrogens is 372 g/mol. The Balaban J connectivity index is 1.32. The molecule has 3 aliphatic heterocycles. The third-order valence-corrected chi connectivity index (χ3v) is 7.38. The maximum atomic E-state index is 12.8. The molecule has 0 radical (unpaired) electrons. The van der Waals surface area contributed by atoms with Gasteiger partial charge in [-0.1, -0.05) is 61.9 Å². The van der Waals surface area contributed by atoms with Gasteiger partial charge in [0.2, 0.25) is 0 Å². The third kappa shape index (κ3) is 3.62. The van der Waals surface area contributed by atoms with E-state index < -0.39 is 0 Å². The lowest BCUT2D eigenvalue weighted by atomic mass is 9.85. The fourth-order valence-corrected chi connectivity index (χ4v) is 5.59. The van der Waals surface area contributed by atoms with Crippen molar-refractivity contribution in [3.05, 3.63) is 59.2 Å². The van der Waals surface area contributed by atoms with Gasteiger partial charge in [0.1, 0.15) is 6.10 Å². The molecule has 0 aromatic heterocycles. The molecule has 158 valence electrons. The van der Waals surface area contributed by atoms with E-state index in [-0.39, 0.29) is 23.7 Å². The number of alkyl carbamates (subject to hydrolysis) is 1. The number of amides is 1. The number of rotatable bonds is 3. The Kier molecular flexibility index (Phi) is 4.85. The van der Waals surface area contributed by atoms with Crippen LogP contribution < -0.4 is 5.32 Å². The zero-order valence-corrected chi connectivity index (χ0v) is 18.3. The van der Waals surface area contributed by atoms with Crippen molar-refractivity contribution in [2.24, 2.45) is 11.3 Å². The molecular formula is C26H32N2O2. The van der Waals surface area contributed by atoms with Crippen molar-refractivity contribution in [2.45, 2.75) is 52.2 Å². The number of aryl methyl sites for hydroxylation is 1. The highest BCUT2D eigenvalue weighted by atomic mass is 16.6. The monoisotopic (exact) mass is 404 g/mol. The van der Waals surface area contributed by atoms with Crippen LogP contribution in [0.1, 0.15) is 49.4 Å². The highest BCUT2D eigenvalue weighted by molar-refractivity contribution is 5.70. The van der Waals surface area contributed by atoms with Gasteiger partial charge in [-0.25, -0.2) is 4.79 Å². The fourth-order valence-electron chi connectivity index (χ4n) is 5.59. The summed E-state index contributed by atoms with van der Waals surface area (Å²) in [6, 6.07) is 15.3. The Hall–Kier alpha value is -2.33. The van der Waals surface area contributed by atoms with Gasteiger partial charge in [-0.2, -0.15) is 0 Å². The SMILES string of the molecule is Cc1ccc(-c2ccc3c(c2)CC(C)(C)C3NC(=O)O[C@@H]2CN3CCC2CC3)cc1. The highest BCUT2D eigenvalue weighted by Gasteiger charge is 2.42. The molecule has 2 atom stereocenters. The molecule has 4 aliphatic rings. The standard InChI is InChI=1S/C26H32N2O2/c1-17-4-6-18(7-5-17)20-8-9-22-21(14-20)15-26(2,3)24(22)27-25(29)30-23-16-28-12-10-19(23)11-13-28/h4-9,14,19,23-24H,10-13,15-16H2,1-3H3,(H,27,29)/t23-,24?/m1/s1. The third-order valence-electron chi connectivity index (χ3n) is 7.38. The molecule has 1 aliphatic carbocycles. The summed E-state index contributed by atoms with van der Waals surface area (Å²) in [5, 5.41) is 3.22. The number of ether oxygens (including phenoxy) is 1. The largest absolute Gasteiger partial charge is 0.445 e. The lowest BCUT2D eigenvalue weighted by Crippen LogP contribution is -2.53. The first-order valence-corrected chi connectivity index (χ1v) is 11.3. The number of nitrogens with zero attached hydrogens (tertiary/aromatic N) is 1. The molecule has 2 aromatic rings. The van der Waals surface area contributed by atoms with Crippen molar-refractivity contribution in [2.75, 3.05) is 19.6 Å². The highest BCUT2D eigenvalue weighted by Crippen LogP contribution is 2.46. The lowest BCUT2D eigenvalue weighted by molar-refractivity contribution is -0.0348. The summed E-state index contributed by atoms with van der Waals surface area (Å²) in [5.74, 6) is 0.529. The summed E-state index contributed by atoms with van der Waals surface area (Å²) >= 11 is 0. The molecule has 4 heteroatoms. The Morgan fingerprint density at radius 1 is 1.07 bits per heavy atom. The van der Waals surface area contributed by atoms with Crippen molar-refractivity contribution >= 4 is 6.09 Å². The second kappa shape index (κ2) is 7.42. The first kappa shape index (κ1) is 19.6. The van der Waals surface area contributed by atoms with Gasteiger partial charge in [-0.15, -0.1) is 0 Å². The van der Waals surface area contributed by atoms with Crippen LogP contribution in [0, 0.1) is 18.3 Å². The van der Waals surface area contributed by atoms with E-state index in [1.54, 1.807) is 0 Å². The van der Waals surface area contributed by atoms with Crippen molar-refractivity contribution in [1.29, 1.82) is 0 Å². The Morgan fingerprint density at radius 2 is 1.77 bits per heavy atom. The number of carbonyl (C=O) groups is 1. The van der Waals surface area contributed by atoms with Gasteiger partial charge < -0.3 is 10.1 Å². The molecule has 6 rings (SSSR count). The molecule has 1 unspecified atom stereocenters. The maximum Gasteiger partial charge on any atom is 0.407 e. The van der Waals surface area contributed by atoms with Crippen LogP contribution >= 0.6 is 0 Å². The van der Waals surface area contributed by atoms with E-state index in [4.69, 9.17) is 4.74 Å². The van der Waals surface area contributed by atoms with Crippen molar-refractivity contribution in [1.82, 2.24) is 10.2 Å². The van der Waals surface area contributed by atoms with E-state index in [0.717, 1.165) is 38.9 Å². The smallest absolute Gasteiger partial charge is 0.407 e. The number of nitrogens with one attached hydrogen (secondary N) is 1. The molecule has 2 bridgehead atoms. The Morgan fingerprint density at radius 3 is 2.43 bits per heavy atom. The van der Waals surface area contributed by atoms with Crippen molar-refractivity contribution in [3.8, 4) is 11.1 Å². The van der Waals surface area contributed by atoms with Gasteiger partial charge in [-0.05, 0) is 72.9 Å². The quantitative estimate of drug-likeness (QED) is 0.773. The first-order chi connectivity index (χ1) is 14.4. The molecule has 4 nitrogen and oxygen atoms in total. The average molecular weight is 405 g/mol. The molecule has 3 saturated heterocycles. The van der Waals surface area contributed by atoms with Gasteiger partial charge in [0.15, 0.2) is 0 Å². The maximum absolute atomic E-state index is 12.8. The summed E-state index contributed by atoms with van der Waals surface area (Å²) in [6.07, 6.45) is 3.03. The second-order valence-corrected chi connectivity index (χ2v) is 10.1. The van der Waals surface area contributed by atoms with Crippen LogP contribution in [-0.2, 0) is 11.2 Å². The minimum atomic E-state index is -0.262. The average Bonchev–Trinajstić information content (AvgIpc) is 2.98. The van der Waals surface area contributed by atoms with E-state index in [1.165, 1.54) is 27.8 Å². The molecule has 30 heavy (non-hydrogen) atoms. The predicted molar refractivity (Wildman–Crippen MR) is 119 cm³/mol. The topological polar surface area (TPSA) is 41.6 Å². The molecule has 1 N–H and O–H groups in total. The van der Waals surface area contributed by atoms with Gasteiger partial charge in [0.05, 0.1) is 6.04 Å². The number of piperidine rings is 3. The normalized spacial score (nSPS) is 28.8. The van der Waals surface area contributed by atoms with Crippen LogP contribution in [0.5, 0.6) is 0 Å². The van der Waals surface area contributed by atoms with Crippen molar-refractivity contribution < 1.29 is 9.53 Å². The van der Waals surface area contributed by atoms with E-state index in [1.807, 2.05) is 0 Å². The summed E-state index contributed by atoms with van der Waals surface area (Å²) in [6.45, 7) is 9.77. The van der Waals surface area contributed by atoms with Gasteiger partial charge in [0.25, 0.3) is 0 Å². The number of benzene rings is 2. The zero-order chi connectivity index (χ0) is 20.9. The number of hydrogen-bond donors (Lipinski definition) is 1. The summed E-state index contributed by atoms with van der Waals surface area (Å²) in [7, 11) is 0. The molecule has 3 fully saturated rings. The van der Waals surface area contributed by atoms with Crippen molar-refractivity contribution in [3.63, 3.8) is 0 Å². The molecule has 0 spiro atoms. The van der Waals surface area contributed by atoms with E-state index in [9.17, 15) is 4.79 Å². The summed E-state index contributed by atoms with van der Waals surface area (Å²) < 4.78 is 5.91. The first-order valence-electron chi connectivity index (χ1n) is 11.3. The molecule has 2 aromatic carbocycles. The van der Waals surface area contributed by atoms with Gasteiger partial charge in [0, 0.05) is 6.54 Å². The van der Waals surface area contributed by atoms with Crippen LogP contribution in [-0.4, -0.2) is 36.7 Å². The minimum absolute atomic E-state index is 0.0202. The number of hydrogen-bond acceptors (Lipinski definition) is 3. The van der Waals surface area contributed by atoms with Crippen LogP contribution in [0.4, 0.5) is 4.79 Å². The number of fused-ring (bicyclic) bond motifs is 4. The Bertz CT molecular complexity index is 942. The van der Waals surface area contributed by atoms with E-state index in [0.29, 0.717) is 5.92 Å². The fraction of sp³-hybridized carbons (Fsp3) is 0.500. The molecule has 0 saturated carbocycles. The summed E-state index contributed by atoms with van der Waals surface area (Å²) in [5.41, 5.74) is 6.25. The van der Waals surface area contributed by atoms with Gasteiger partial charge in [-0.3, -0.25) is 4.90 Å². The van der Waals surface area contributed by atoms with Crippen LogP contribution in [0.3, 0.4) is 0 Å². The van der Waals surface area contributed by atoms with Gasteiger partial charge >= 0.3 is 6.09 Å². The number of carbonyl (C=O) groups excluding carboxylic acids is 1.